The molecule has 4 amide bonds. The number of unbranched alkanes of at least 4 members (excludes halogenated alkanes) is 1. The van der Waals surface area contributed by atoms with Crippen LogP contribution in [-0.4, -0.2) is 54.0 Å². The van der Waals surface area contributed by atoms with Gasteiger partial charge in [0.15, 0.2) is 0 Å². The monoisotopic (exact) mass is 596 g/mol. The van der Waals surface area contributed by atoms with Gasteiger partial charge in [0.05, 0.1) is 6.20 Å². The molecule has 1 aliphatic carbocycles. The lowest BCUT2D eigenvalue weighted by molar-refractivity contribution is -0.131. The maximum absolute atomic E-state index is 13.5. The molecule has 3 atom stereocenters. The number of nitrogens with zero attached hydrogens (tertiary/aromatic N) is 1. The molecule has 11 nitrogen and oxygen atoms in total. The molecule has 0 radical (unpaired) electrons. The van der Waals surface area contributed by atoms with Crippen molar-refractivity contribution in [3.63, 3.8) is 0 Å². The van der Waals surface area contributed by atoms with E-state index in [4.69, 9.17) is 10.3 Å². The molecule has 3 rings (SSSR count). The third kappa shape index (κ3) is 11.5. The standard InChI is InChI=1S/C32H48N6O5/c1-3-22(2)29(32(42)34-19-8-7-11-28(39)36-25-14-12-23(13-15-25)16-18-33)38-30(40)26(21-24-9-5-4-6-10-24)37-31(41)27-17-20-35-43-27/h12-15,17,20,22,24,26,29H,3-11,16,18-19,21,33H2,1-2H3,(H,34,42)(H,36,39)(H,37,41)(H,38,40)/t22-,26-,29-/m0/s1. The summed E-state index contributed by atoms with van der Waals surface area (Å²) in [6.07, 6.45) is 10.3. The number of benzene rings is 1. The highest BCUT2D eigenvalue weighted by atomic mass is 16.5. The van der Waals surface area contributed by atoms with Crippen LogP contribution in [0.25, 0.3) is 0 Å². The zero-order valence-corrected chi connectivity index (χ0v) is 25.5. The number of hydrogen-bond donors (Lipinski definition) is 5. The second-order valence-corrected chi connectivity index (χ2v) is 11.5. The molecule has 1 saturated carbocycles. The number of nitrogens with one attached hydrogen (secondary N) is 4. The lowest BCUT2D eigenvalue weighted by atomic mass is 9.84. The Bertz CT molecular complexity index is 1150. The summed E-state index contributed by atoms with van der Waals surface area (Å²) in [5.74, 6) is -1.01. The van der Waals surface area contributed by atoms with E-state index in [9.17, 15) is 19.2 Å². The maximum atomic E-state index is 13.5. The van der Waals surface area contributed by atoms with Crippen molar-refractivity contribution < 1.29 is 23.7 Å². The van der Waals surface area contributed by atoms with Crippen molar-refractivity contribution in [1.29, 1.82) is 0 Å². The van der Waals surface area contributed by atoms with Crippen LogP contribution >= 0.6 is 0 Å². The van der Waals surface area contributed by atoms with Gasteiger partial charge < -0.3 is 31.5 Å². The number of rotatable bonds is 17. The topological polar surface area (TPSA) is 168 Å². The number of hydrogen-bond acceptors (Lipinski definition) is 7. The fourth-order valence-corrected chi connectivity index (χ4v) is 5.38. The molecule has 6 N–H and O–H groups in total. The van der Waals surface area contributed by atoms with Crippen molar-refractivity contribution >= 4 is 29.3 Å². The Hall–Kier alpha value is -3.73. The zero-order valence-electron chi connectivity index (χ0n) is 25.5. The lowest BCUT2D eigenvalue weighted by Crippen LogP contribution is -2.56. The summed E-state index contributed by atoms with van der Waals surface area (Å²) in [6.45, 7) is 4.85. The van der Waals surface area contributed by atoms with E-state index < -0.39 is 18.0 Å². The molecule has 43 heavy (non-hydrogen) atoms. The molecule has 11 heteroatoms. The molecule has 0 aliphatic heterocycles. The Kier molecular flexibility index (Phi) is 14.2. The van der Waals surface area contributed by atoms with E-state index in [-0.39, 0.29) is 29.4 Å². The average Bonchev–Trinajstić information content (AvgIpc) is 3.56. The number of aromatic nitrogens is 1. The summed E-state index contributed by atoms with van der Waals surface area (Å²) < 4.78 is 4.98. The van der Waals surface area contributed by atoms with E-state index in [0.29, 0.717) is 51.1 Å². The molecule has 1 heterocycles. The van der Waals surface area contributed by atoms with E-state index in [1.54, 1.807) is 0 Å². The Balaban J connectivity index is 1.49. The molecule has 2 aromatic rings. The van der Waals surface area contributed by atoms with Gasteiger partial charge in [0, 0.05) is 24.7 Å². The van der Waals surface area contributed by atoms with Gasteiger partial charge in [-0.1, -0.05) is 69.7 Å². The predicted octanol–water partition coefficient (Wildman–Crippen LogP) is 3.70. The Morgan fingerprint density at radius 3 is 2.40 bits per heavy atom. The molecule has 1 aromatic carbocycles. The number of carbonyl (C=O) groups is 4. The zero-order chi connectivity index (χ0) is 31.0. The molecule has 1 aliphatic rings. The van der Waals surface area contributed by atoms with Gasteiger partial charge in [0.1, 0.15) is 12.1 Å². The van der Waals surface area contributed by atoms with Crippen molar-refractivity contribution in [2.75, 3.05) is 18.4 Å². The lowest BCUT2D eigenvalue weighted by Gasteiger charge is -2.29. The van der Waals surface area contributed by atoms with Crippen molar-refractivity contribution in [3.8, 4) is 0 Å². The van der Waals surface area contributed by atoms with E-state index in [2.05, 4.69) is 26.4 Å². The average molecular weight is 597 g/mol. The fraction of sp³-hybridized carbons (Fsp3) is 0.594. The maximum Gasteiger partial charge on any atom is 0.290 e. The smallest absolute Gasteiger partial charge is 0.290 e. The van der Waals surface area contributed by atoms with E-state index in [0.717, 1.165) is 43.4 Å². The van der Waals surface area contributed by atoms with Crippen LogP contribution in [0.1, 0.15) is 94.2 Å². The van der Waals surface area contributed by atoms with Crippen LogP contribution in [0.15, 0.2) is 41.1 Å². The van der Waals surface area contributed by atoms with Crippen LogP contribution in [0.2, 0.25) is 0 Å². The summed E-state index contributed by atoms with van der Waals surface area (Å²) in [4.78, 5) is 51.8. The third-order valence-corrected chi connectivity index (χ3v) is 8.17. The summed E-state index contributed by atoms with van der Waals surface area (Å²) in [7, 11) is 0. The van der Waals surface area contributed by atoms with Crippen molar-refractivity contribution in [2.24, 2.45) is 17.6 Å². The van der Waals surface area contributed by atoms with Gasteiger partial charge in [0.25, 0.3) is 5.91 Å². The van der Waals surface area contributed by atoms with Crippen molar-refractivity contribution in [3.05, 3.63) is 47.9 Å². The minimum Gasteiger partial charge on any atom is -0.354 e. The summed E-state index contributed by atoms with van der Waals surface area (Å²) in [5.41, 5.74) is 7.44. The Labute approximate surface area is 254 Å². The summed E-state index contributed by atoms with van der Waals surface area (Å²) in [5, 5.41) is 15.1. The first-order valence-corrected chi connectivity index (χ1v) is 15.7. The normalized spacial score (nSPS) is 15.6. The van der Waals surface area contributed by atoms with Crippen molar-refractivity contribution in [1.82, 2.24) is 21.1 Å². The number of nitrogens with two attached hydrogens (primary N) is 1. The van der Waals surface area contributed by atoms with Gasteiger partial charge in [-0.3, -0.25) is 19.2 Å². The van der Waals surface area contributed by atoms with Gasteiger partial charge in [-0.05, 0) is 61.8 Å². The largest absolute Gasteiger partial charge is 0.354 e. The second-order valence-electron chi connectivity index (χ2n) is 11.5. The number of carbonyl (C=O) groups excluding carboxylic acids is 4. The highest BCUT2D eigenvalue weighted by Gasteiger charge is 2.32. The fourth-order valence-electron chi connectivity index (χ4n) is 5.38. The molecular formula is C32H48N6O5. The van der Waals surface area contributed by atoms with E-state index in [1.807, 2.05) is 38.1 Å². The Morgan fingerprint density at radius 2 is 1.74 bits per heavy atom. The van der Waals surface area contributed by atoms with E-state index >= 15 is 0 Å². The quantitative estimate of drug-likeness (QED) is 0.173. The first-order chi connectivity index (χ1) is 20.8. The highest BCUT2D eigenvalue weighted by molar-refractivity contribution is 5.96. The molecule has 1 aromatic heterocycles. The van der Waals surface area contributed by atoms with Crippen LogP contribution in [0.4, 0.5) is 5.69 Å². The molecular weight excluding hydrogens is 548 g/mol. The molecule has 236 valence electrons. The minimum absolute atomic E-state index is 0.0340. The van der Waals surface area contributed by atoms with E-state index in [1.165, 1.54) is 18.7 Å². The van der Waals surface area contributed by atoms with Gasteiger partial charge in [-0.15, -0.1) is 0 Å². The molecule has 0 unspecified atom stereocenters. The van der Waals surface area contributed by atoms with Crippen LogP contribution in [0.3, 0.4) is 0 Å². The van der Waals surface area contributed by atoms with Crippen molar-refractivity contribution in [2.45, 2.75) is 96.6 Å². The molecule has 1 fully saturated rings. The first kappa shape index (κ1) is 33.8. The summed E-state index contributed by atoms with van der Waals surface area (Å²) >= 11 is 0. The predicted molar refractivity (Wildman–Crippen MR) is 165 cm³/mol. The molecule has 0 bridgehead atoms. The SMILES string of the molecule is CC[C@H](C)[C@H](NC(=O)[C@H](CC1CCCCC1)NC(=O)c1ccno1)C(=O)NCCCCC(=O)Nc1ccc(CCN)cc1. The first-order valence-electron chi connectivity index (χ1n) is 15.7. The Morgan fingerprint density at radius 1 is 1.00 bits per heavy atom. The summed E-state index contributed by atoms with van der Waals surface area (Å²) in [6, 6.07) is 7.54. The van der Waals surface area contributed by atoms with Crippen LogP contribution < -0.4 is 27.0 Å². The van der Waals surface area contributed by atoms with Gasteiger partial charge in [-0.25, -0.2) is 0 Å². The van der Waals surface area contributed by atoms with Crippen LogP contribution in [-0.2, 0) is 20.8 Å². The number of amides is 4. The minimum atomic E-state index is -0.796. The van der Waals surface area contributed by atoms with Crippen LogP contribution in [0, 0.1) is 11.8 Å². The van der Waals surface area contributed by atoms with Gasteiger partial charge >= 0.3 is 0 Å². The number of anilines is 1. The molecule has 0 saturated heterocycles. The molecule has 0 spiro atoms. The van der Waals surface area contributed by atoms with Gasteiger partial charge in [-0.2, -0.15) is 0 Å². The highest BCUT2D eigenvalue weighted by Crippen LogP contribution is 2.27. The second kappa shape index (κ2) is 18.0. The van der Waals surface area contributed by atoms with Crippen LogP contribution in [0.5, 0.6) is 0 Å². The van der Waals surface area contributed by atoms with Gasteiger partial charge in [0.2, 0.25) is 23.5 Å². The third-order valence-electron chi connectivity index (χ3n) is 8.17.